The van der Waals surface area contributed by atoms with E-state index in [1.54, 1.807) is 6.92 Å². The smallest absolute Gasteiger partial charge is 0.135 e. The van der Waals surface area contributed by atoms with Crippen molar-refractivity contribution in [1.82, 2.24) is 10.2 Å². The molecule has 1 aromatic heterocycles. The Bertz CT molecular complexity index is 328. The fourth-order valence-corrected chi connectivity index (χ4v) is 1.93. The van der Waals surface area contributed by atoms with Crippen LogP contribution in [0, 0.1) is 0 Å². The zero-order valence-electron chi connectivity index (χ0n) is 7.89. The largest absolute Gasteiger partial charge is 0.300 e. The van der Waals surface area contributed by atoms with Gasteiger partial charge in [0.25, 0.3) is 0 Å². The Morgan fingerprint density at radius 2 is 2.23 bits per heavy atom. The minimum atomic E-state index is 0.194. The molecule has 3 nitrogen and oxygen atoms in total. The molecule has 0 fully saturated rings. The summed E-state index contributed by atoms with van der Waals surface area (Å²) in [6.07, 6.45) is 5.16. The number of hydrogen-bond donors (Lipinski definition) is 1. The summed E-state index contributed by atoms with van der Waals surface area (Å²) in [4.78, 5) is 10.9. The van der Waals surface area contributed by atoms with E-state index < -0.39 is 0 Å². The van der Waals surface area contributed by atoms with Gasteiger partial charge in [-0.15, -0.1) is 0 Å². The normalized spacial score (nSPS) is 15.5. The molecule has 0 aliphatic heterocycles. The Balaban J connectivity index is 2.26. The van der Waals surface area contributed by atoms with Gasteiger partial charge in [-0.05, 0) is 38.2 Å². The second-order valence-electron chi connectivity index (χ2n) is 3.71. The lowest BCUT2D eigenvalue weighted by Gasteiger charge is -2.10. The van der Waals surface area contributed by atoms with Crippen LogP contribution >= 0.6 is 0 Å². The monoisotopic (exact) mass is 178 g/mol. The molecule has 0 aromatic carbocycles. The minimum absolute atomic E-state index is 0.194. The van der Waals surface area contributed by atoms with Crippen LogP contribution in [0.25, 0.3) is 0 Å². The molecule has 1 aliphatic carbocycles. The van der Waals surface area contributed by atoms with Crippen molar-refractivity contribution in [3.63, 3.8) is 0 Å². The Kier molecular flexibility index (Phi) is 2.17. The average Bonchev–Trinajstić information content (AvgIpc) is 2.48. The highest BCUT2D eigenvalue weighted by atomic mass is 16.1. The second-order valence-corrected chi connectivity index (χ2v) is 3.71. The molecule has 0 radical (unpaired) electrons. The van der Waals surface area contributed by atoms with Crippen LogP contribution in [-0.4, -0.2) is 16.0 Å². The number of aromatic nitrogens is 2. The first-order chi connectivity index (χ1) is 6.27. The molecule has 1 aromatic rings. The summed E-state index contributed by atoms with van der Waals surface area (Å²) in [6.45, 7) is 1.61. The average molecular weight is 178 g/mol. The highest BCUT2D eigenvalue weighted by Crippen LogP contribution is 2.22. The van der Waals surface area contributed by atoms with Gasteiger partial charge in [0.2, 0.25) is 0 Å². The highest BCUT2D eigenvalue weighted by Gasteiger charge is 2.16. The molecular formula is C10H14N2O. The van der Waals surface area contributed by atoms with Crippen LogP contribution in [0.5, 0.6) is 0 Å². The van der Waals surface area contributed by atoms with Crippen LogP contribution in [0.4, 0.5) is 0 Å². The van der Waals surface area contributed by atoms with Gasteiger partial charge in [-0.2, -0.15) is 5.10 Å². The van der Waals surface area contributed by atoms with E-state index in [0.29, 0.717) is 6.42 Å². The van der Waals surface area contributed by atoms with Crippen molar-refractivity contribution in [3.05, 3.63) is 17.0 Å². The summed E-state index contributed by atoms with van der Waals surface area (Å²) >= 11 is 0. The molecule has 0 spiro atoms. The van der Waals surface area contributed by atoms with Crippen LogP contribution in [0.15, 0.2) is 0 Å². The third-order valence-corrected chi connectivity index (χ3v) is 2.56. The molecular weight excluding hydrogens is 164 g/mol. The number of hydrogen-bond acceptors (Lipinski definition) is 2. The lowest BCUT2D eigenvalue weighted by Crippen LogP contribution is -2.05. The molecule has 1 N–H and O–H groups in total. The van der Waals surface area contributed by atoms with Crippen LogP contribution in [0.2, 0.25) is 0 Å². The number of aromatic amines is 1. The molecule has 1 aliphatic rings. The number of carbonyl (C=O) groups excluding carboxylic acids is 1. The summed E-state index contributed by atoms with van der Waals surface area (Å²) in [6, 6.07) is 0. The van der Waals surface area contributed by atoms with Crippen LogP contribution in [0.3, 0.4) is 0 Å². The zero-order chi connectivity index (χ0) is 9.26. The standard InChI is InChI=1S/C10H14N2O/c1-7(13)6-10-8-4-2-3-5-9(8)11-12-10/h2-6H2,1H3,(H,11,12). The fraction of sp³-hybridized carbons (Fsp3) is 0.600. The summed E-state index contributed by atoms with van der Waals surface area (Å²) in [7, 11) is 0. The Morgan fingerprint density at radius 3 is 3.00 bits per heavy atom. The van der Waals surface area contributed by atoms with Crippen LogP contribution in [-0.2, 0) is 24.1 Å². The van der Waals surface area contributed by atoms with Crippen molar-refractivity contribution in [3.8, 4) is 0 Å². The zero-order valence-corrected chi connectivity index (χ0v) is 7.89. The van der Waals surface area contributed by atoms with Crippen molar-refractivity contribution in [2.45, 2.75) is 39.0 Å². The fourth-order valence-electron chi connectivity index (χ4n) is 1.93. The van der Waals surface area contributed by atoms with E-state index >= 15 is 0 Å². The molecule has 0 saturated heterocycles. The van der Waals surface area contributed by atoms with Gasteiger partial charge in [0.05, 0.1) is 12.1 Å². The van der Waals surface area contributed by atoms with Crippen molar-refractivity contribution >= 4 is 5.78 Å². The number of Topliss-reactive ketones (excluding diaryl/α,β-unsaturated/α-hetero) is 1. The van der Waals surface area contributed by atoms with Crippen molar-refractivity contribution < 1.29 is 4.79 Å². The topological polar surface area (TPSA) is 45.8 Å². The van der Waals surface area contributed by atoms with Gasteiger partial charge in [0.1, 0.15) is 5.78 Å². The summed E-state index contributed by atoms with van der Waals surface area (Å²) in [5.74, 6) is 0.194. The van der Waals surface area contributed by atoms with Gasteiger partial charge in [0.15, 0.2) is 0 Å². The number of nitrogens with zero attached hydrogens (tertiary/aromatic N) is 1. The molecule has 0 unspecified atom stereocenters. The van der Waals surface area contributed by atoms with Crippen molar-refractivity contribution in [1.29, 1.82) is 0 Å². The van der Waals surface area contributed by atoms with E-state index in [2.05, 4.69) is 10.2 Å². The number of carbonyl (C=O) groups is 1. The van der Waals surface area contributed by atoms with E-state index in [-0.39, 0.29) is 5.78 Å². The predicted octanol–water partition coefficient (Wildman–Crippen LogP) is 1.42. The maximum absolute atomic E-state index is 10.9. The number of aryl methyl sites for hydroxylation is 1. The molecule has 1 heterocycles. The first-order valence-electron chi connectivity index (χ1n) is 4.82. The lowest BCUT2D eigenvalue weighted by molar-refractivity contribution is -0.116. The molecule has 70 valence electrons. The Morgan fingerprint density at radius 1 is 1.46 bits per heavy atom. The summed E-state index contributed by atoms with van der Waals surface area (Å²) in [5.41, 5.74) is 3.53. The van der Waals surface area contributed by atoms with E-state index in [1.165, 1.54) is 24.1 Å². The van der Waals surface area contributed by atoms with E-state index in [9.17, 15) is 4.79 Å². The molecule has 0 saturated carbocycles. The Hall–Kier alpha value is -1.12. The van der Waals surface area contributed by atoms with Gasteiger partial charge < -0.3 is 0 Å². The van der Waals surface area contributed by atoms with Crippen LogP contribution in [0.1, 0.15) is 36.7 Å². The number of ketones is 1. The van der Waals surface area contributed by atoms with E-state index in [1.807, 2.05) is 0 Å². The van der Waals surface area contributed by atoms with Gasteiger partial charge in [-0.25, -0.2) is 0 Å². The number of H-pyrrole nitrogens is 1. The SMILES string of the molecule is CC(=O)Cc1n[nH]c2c1CCCC2. The minimum Gasteiger partial charge on any atom is -0.300 e. The molecule has 0 atom stereocenters. The van der Waals surface area contributed by atoms with E-state index in [4.69, 9.17) is 0 Å². The number of rotatable bonds is 2. The van der Waals surface area contributed by atoms with Gasteiger partial charge in [0, 0.05) is 5.69 Å². The van der Waals surface area contributed by atoms with E-state index in [0.717, 1.165) is 18.5 Å². The van der Waals surface area contributed by atoms with Gasteiger partial charge in [-0.3, -0.25) is 9.89 Å². The molecule has 3 heteroatoms. The molecule has 0 amide bonds. The molecule has 13 heavy (non-hydrogen) atoms. The number of nitrogens with one attached hydrogen (secondary N) is 1. The number of fused-ring (bicyclic) bond motifs is 1. The highest BCUT2D eigenvalue weighted by molar-refractivity contribution is 5.78. The summed E-state index contributed by atoms with van der Waals surface area (Å²) in [5, 5.41) is 7.22. The quantitative estimate of drug-likeness (QED) is 0.744. The third kappa shape index (κ3) is 1.64. The summed E-state index contributed by atoms with van der Waals surface area (Å²) < 4.78 is 0. The van der Waals surface area contributed by atoms with Gasteiger partial charge >= 0.3 is 0 Å². The predicted molar refractivity (Wildman–Crippen MR) is 49.6 cm³/mol. The maximum Gasteiger partial charge on any atom is 0.135 e. The molecule has 2 rings (SSSR count). The van der Waals surface area contributed by atoms with Crippen molar-refractivity contribution in [2.75, 3.05) is 0 Å². The first kappa shape index (κ1) is 8.48. The first-order valence-corrected chi connectivity index (χ1v) is 4.82. The van der Waals surface area contributed by atoms with Crippen molar-refractivity contribution in [2.24, 2.45) is 0 Å². The van der Waals surface area contributed by atoms with Gasteiger partial charge in [-0.1, -0.05) is 0 Å². The maximum atomic E-state index is 10.9. The Labute approximate surface area is 77.5 Å². The van der Waals surface area contributed by atoms with Crippen LogP contribution < -0.4 is 0 Å². The second kappa shape index (κ2) is 3.32. The lowest BCUT2D eigenvalue weighted by atomic mass is 9.95. The molecule has 0 bridgehead atoms. The third-order valence-electron chi connectivity index (χ3n) is 2.56.